The SMILES string of the molecule is NCCCC[C@H](NC(=O)OC1/C=C\CCCCC1)C(=O)O. The van der Waals surface area contributed by atoms with Gasteiger partial charge in [-0.05, 0) is 57.6 Å². The van der Waals surface area contributed by atoms with E-state index in [1.807, 2.05) is 12.2 Å². The normalized spacial score (nSPS) is 21.7. The smallest absolute Gasteiger partial charge is 0.408 e. The van der Waals surface area contributed by atoms with Crippen LogP contribution in [0.5, 0.6) is 0 Å². The molecular formula is C15H26N2O4. The largest absolute Gasteiger partial charge is 0.480 e. The van der Waals surface area contributed by atoms with E-state index in [2.05, 4.69) is 5.32 Å². The van der Waals surface area contributed by atoms with Crippen LogP contribution >= 0.6 is 0 Å². The highest BCUT2D eigenvalue weighted by Gasteiger charge is 2.21. The molecule has 0 saturated carbocycles. The molecule has 0 radical (unpaired) electrons. The minimum Gasteiger partial charge on any atom is -0.480 e. The van der Waals surface area contributed by atoms with E-state index in [-0.39, 0.29) is 6.10 Å². The third-order valence-corrected chi connectivity index (χ3v) is 3.51. The molecule has 1 rings (SSSR count). The molecule has 0 aromatic rings. The second kappa shape index (κ2) is 10.2. The molecule has 0 spiro atoms. The van der Waals surface area contributed by atoms with Crippen molar-refractivity contribution in [2.24, 2.45) is 5.73 Å². The molecular weight excluding hydrogens is 272 g/mol. The van der Waals surface area contributed by atoms with Gasteiger partial charge in [0.2, 0.25) is 0 Å². The molecule has 0 aromatic heterocycles. The van der Waals surface area contributed by atoms with Crippen molar-refractivity contribution in [2.75, 3.05) is 6.54 Å². The first-order valence-electron chi connectivity index (χ1n) is 7.70. The standard InChI is InChI=1S/C15H26N2O4/c16-11-7-6-10-13(14(18)19)17-15(20)21-12-8-4-2-1-3-5-9-12/h4,8,12-13H,1-3,5-7,9-11,16H2,(H,17,20)(H,18,19)/b8-4-/t12?,13-/m0/s1. The van der Waals surface area contributed by atoms with Crippen LogP contribution in [-0.2, 0) is 9.53 Å². The Hall–Kier alpha value is -1.56. The van der Waals surface area contributed by atoms with Gasteiger partial charge >= 0.3 is 12.1 Å². The van der Waals surface area contributed by atoms with Gasteiger partial charge in [-0.2, -0.15) is 0 Å². The molecule has 6 nitrogen and oxygen atoms in total. The fourth-order valence-corrected chi connectivity index (χ4v) is 2.29. The van der Waals surface area contributed by atoms with E-state index >= 15 is 0 Å². The molecule has 6 heteroatoms. The maximum Gasteiger partial charge on any atom is 0.408 e. The van der Waals surface area contributed by atoms with Crippen LogP contribution < -0.4 is 11.1 Å². The highest BCUT2D eigenvalue weighted by molar-refractivity contribution is 5.79. The number of unbranched alkanes of at least 4 members (excludes halogenated alkanes) is 1. The number of nitrogens with two attached hydrogens (primary N) is 1. The number of aliphatic carboxylic acids is 1. The van der Waals surface area contributed by atoms with E-state index in [0.29, 0.717) is 19.4 Å². The number of amides is 1. The van der Waals surface area contributed by atoms with Crippen LogP contribution in [0.1, 0.15) is 51.4 Å². The van der Waals surface area contributed by atoms with Crippen LogP contribution in [0.15, 0.2) is 12.2 Å². The number of nitrogens with one attached hydrogen (secondary N) is 1. The van der Waals surface area contributed by atoms with Crippen molar-refractivity contribution in [1.29, 1.82) is 0 Å². The molecule has 1 amide bonds. The Morgan fingerprint density at radius 2 is 2.14 bits per heavy atom. The van der Waals surface area contributed by atoms with Gasteiger partial charge in [0.1, 0.15) is 12.1 Å². The van der Waals surface area contributed by atoms with Crippen LogP contribution in [0.4, 0.5) is 4.79 Å². The Labute approximate surface area is 125 Å². The van der Waals surface area contributed by atoms with Crippen LogP contribution in [0.2, 0.25) is 0 Å². The quantitative estimate of drug-likeness (QED) is 0.494. The third kappa shape index (κ3) is 7.70. The van der Waals surface area contributed by atoms with Gasteiger partial charge in [-0.25, -0.2) is 9.59 Å². The monoisotopic (exact) mass is 298 g/mol. The molecule has 1 aliphatic rings. The zero-order valence-corrected chi connectivity index (χ0v) is 12.4. The molecule has 21 heavy (non-hydrogen) atoms. The van der Waals surface area contributed by atoms with Gasteiger partial charge in [-0.15, -0.1) is 0 Å². The van der Waals surface area contributed by atoms with E-state index in [9.17, 15) is 9.59 Å². The summed E-state index contributed by atoms with van der Waals surface area (Å²) in [5.74, 6) is -1.04. The van der Waals surface area contributed by atoms with Gasteiger partial charge in [0.25, 0.3) is 0 Å². The minimum absolute atomic E-state index is 0.260. The lowest BCUT2D eigenvalue weighted by Gasteiger charge is -2.19. The average molecular weight is 298 g/mol. The molecule has 0 heterocycles. The van der Waals surface area contributed by atoms with Gasteiger partial charge in [0, 0.05) is 0 Å². The molecule has 1 aliphatic carbocycles. The summed E-state index contributed by atoms with van der Waals surface area (Å²) < 4.78 is 5.29. The summed E-state index contributed by atoms with van der Waals surface area (Å²) in [7, 11) is 0. The number of hydrogen-bond donors (Lipinski definition) is 3. The van der Waals surface area contributed by atoms with Crippen LogP contribution in [0.25, 0.3) is 0 Å². The second-order valence-corrected chi connectivity index (χ2v) is 5.33. The van der Waals surface area contributed by atoms with Crippen LogP contribution in [0, 0.1) is 0 Å². The summed E-state index contributed by atoms with van der Waals surface area (Å²) >= 11 is 0. The van der Waals surface area contributed by atoms with Gasteiger partial charge < -0.3 is 20.9 Å². The maximum absolute atomic E-state index is 11.8. The molecule has 1 unspecified atom stereocenters. The van der Waals surface area contributed by atoms with Crippen molar-refractivity contribution in [3.05, 3.63) is 12.2 Å². The number of ether oxygens (including phenoxy) is 1. The fraction of sp³-hybridized carbons (Fsp3) is 0.733. The van der Waals surface area contributed by atoms with E-state index in [1.165, 1.54) is 0 Å². The molecule has 0 aliphatic heterocycles. The van der Waals surface area contributed by atoms with E-state index in [0.717, 1.165) is 38.5 Å². The van der Waals surface area contributed by atoms with Gasteiger partial charge in [-0.3, -0.25) is 0 Å². The second-order valence-electron chi connectivity index (χ2n) is 5.33. The van der Waals surface area contributed by atoms with Crippen molar-refractivity contribution in [3.8, 4) is 0 Å². The van der Waals surface area contributed by atoms with Crippen molar-refractivity contribution in [2.45, 2.75) is 63.5 Å². The Bertz CT molecular complexity index is 358. The first-order chi connectivity index (χ1) is 10.1. The number of alkyl carbamates (subject to hydrolysis) is 1. The summed E-state index contributed by atoms with van der Waals surface area (Å²) in [6.45, 7) is 0.518. The molecule has 0 fully saturated rings. The van der Waals surface area contributed by atoms with Crippen molar-refractivity contribution < 1.29 is 19.4 Å². The number of carbonyl (C=O) groups is 2. The molecule has 0 aromatic carbocycles. The lowest BCUT2D eigenvalue weighted by molar-refractivity contribution is -0.139. The zero-order valence-electron chi connectivity index (χ0n) is 12.4. The predicted molar refractivity (Wildman–Crippen MR) is 80.0 cm³/mol. The lowest BCUT2D eigenvalue weighted by Crippen LogP contribution is -2.42. The van der Waals surface area contributed by atoms with Gasteiger partial charge in [-0.1, -0.05) is 12.5 Å². The summed E-state index contributed by atoms with van der Waals surface area (Å²) in [4.78, 5) is 22.9. The van der Waals surface area contributed by atoms with Gasteiger partial charge in [0.15, 0.2) is 0 Å². The Balaban J connectivity index is 2.41. The van der Waals surface area contributed by atoms with Crippen molar-refractivity contribution in [1.82, 2.24) is 5.32 Å². The van der Waals surface area contributed by atoms with Crippen LogP contribution in [-0.4, -0.2) is 35.9 Å². The van der Waals surface area contributed by atoms with Gasteiger partial charge in [0.05, 0.1) is 0 Å². The number of hydrogen-bond acceptors (Lipinski definition) is 4. The summed E-state index contributed by atoms with van der Waals surface area (Å²) in [6, 6.07) is -0.915. The Morgan fingerprint density at radius 1 is 1.33 bits per heavy atom. The number of rotatable bonds is 7. The Morgan fingerprint density at radius 3 is 2.86 bits per heavy atom. The van der Waals surface area contributed by atoms with Crippen molar-refractivity contribution >= 4 is 12.1 Å². The lowest BCUT2D eigenvalue weighted by atomic mass is 10.0. The molecule has 2 atom stereocenters. The number of carboxylic acid groups (broad SMARTS) is 1. The van der Waals surface area contributed by atoms with E-state index < -0.39 is 18.1 Å². The molecule has 4 N–H and O–H groups in total. The van der Waals surface area contributed by atoms with Crippen molar-refractivity contribution in [3.63, 3.8) is 0 Å². The molecule has 0 saturated heterocycles. The first kappa shape index (κ1) is 17.5. The number of carbonyl (C=O) groups excluding carboxylic acids is 1. The fourth-order valence-electron chi connectivity index (χ4n) is 2.29. The number of allylic oxidation sites excluding steroid dienone is 1. The van der Waals surface area contributed by atoms with E-state index in [4.69, 9.17) is 15.6 Å². The van der Waals surface area contributed by atoms with Crippen LogP contribution in [0.3, 0.4) is 0 Å². The molecule has 0 bridgehead atoms. The average Bonchev–Trinajstić information content (AvgIpc) is 2.40. The molecule has 120 valence electrons. The predicted octanol–water partition coefficient (Wildman–Crippen LogP) is 2.18. The Kier molecular flexibility index (Phi) is 8.50. The minimum atomic E-state index is -1.04. The zero-order chi connectivity index (χ0) is 15.5. The number of carboxylic acids is 1. The van der Waals surface area contributed by atoms with E-state index in [1.54, 1.807) is 0 Å². The summed E-state index contributed by atoms with van der Waals surface area (Å²) in [6.07, 6.45) is 9.85. The summed E-state index contributed by atoms with van der Waals surface area (Å²) in [5, 5.41) is 11.5. The topological polar surface area (TPSA) is 102 Å². The maximum atomic E-state index is 11.8. The summed E-state index contributed by atoms with van der Waals surface area (Å²) in [5.41, 5.74) is 5.38. The first-order valence-corrected chi connectivity index (χ1v) is 7.70. The third-order valence-electron chi connectivity index (χ3n) is 3.51. The highest BCUT2D eigenvalue weighted by atomic mass is 16.6. The highest BCUT2D eigenvalue weighted by Crippen LogP contribution is 2.14.